The van der Waals surface area contributed by atoms with Gasteiger partial charge in [0.1, 0.15) is 23.6 Å². The van der Waals surface area contributed by atoms with Crippen molar-refractivity contribution in [1.29, 1.82) is 5.26 Å². The summed E-state index contributed by atoms with van der Waals surface area (Å²) < 4.78 is 13.1. The molecule has 1 atom stereocenters. The van der Waals surface area contributed by atoms with Crippen molar-refractivity contribution in [2.75, 3.05) is 11.9 Å². The summed E-state index contributed by atoms with van der Waals surface area (Å²) in [5.41, 5.74) is 0.783. The van der Waals surface area contributed by atoms with Gasteiger partial charge in [0.05, 0.1) is 29.5 Å². The van der Waals surface area contributed by atoms with E-state index in [2.05, 4.69) is 30.4 Å². The molecule has 34 heavy (non-hydrogen) atoms. The van der Waals surface area contributed by atoms with E-state index in [1.165, 1.54) is 29.5 Å². The fraction of sp³-hybridized carbons (Fsp3) is 0.227. The van der Waals surface area contributed by atoms with Crippen LogP contribution in [-0.4, -0.2) is 54.4 Å². The second-order valence-electron chi connectivity index (χ2n) is 7.30. The normalized spacial score (nSPS) is 11.9. The Hall–Kier alpha value is -4.14. The van der Waals surface area contributed by atoms with Crippen LogP contribution in [0.1, 0.15) is 19.4 Å². The van der Waals surface area contributed by atoms with Crippen molar-refractivity contribution in [3.05, 3.63) is 59.8 Å². The number of nitrogens with zero attached hydrogens (tertiary/aromatic N) is 7. The van der Waals surface area contributed by atoms with Crippen LogP contribution in [0.15, 0.2) is 49.2 Å². The number of hydrogen-bond acceptors (Lipinski definition) is 9. The number of halogens is 1. The SMILES string of the molecule is CC(C)OC[C@H](Oc1ncnc2c1cnn2-c1ncccc1Cl)C(=O)Nc1ccc(C#N)cn1. The Balaban J connectivity index is 1.62. The van der Waals surface area contributed by atoms with Gasteiger partial charge < -0.3 is 14.8 Å². The van der Waals surface area contributed by atoms with E-state index in [0.29, 0.717) is 27.4 Å². The number of ether oxygens (including phenoxy) is 2. The van der Waals surface area contributed by atoms with Crippen molar-refractivity contribution < 1.29 is 14.3 Å². The zero-order valence-electron chi connectivity index (χ0n) is 18.2. The molecule has 4 aromatic rings. The van der Waals surface area contributed by atoms with Gasteiger partial charge in [-0.25, -0.2) is 19.9 Å². The number of carbonyl (C=O) groups is 1. The zero-order valence-corrected chi connectivity index (χ0v) is 19.0. The van der Waals surface area contributed by atoms with E-state index in [-0.39, 0.29) is 24.4 Å². The number of nitrogens with one attached hydrogen (secondary N) is 1. The summed E-state index contributed by atoms with van der Waals surface area (Å²) in [5.74, 6) is 0.314. The van der Waals surface area contributed by atoms with Crippen LogP contribution in [0.3, 0.4) is 0 Å². The van der Waals surface area contributed by atoms with E-state index in [0.717, 1.165) is 0 Å². The van der Waals surface area contributed by atoms with E-state index < -0.39 is 12.0 Å². The fourth-order valence-corrected chi connectivity index (χ4v) is 3.12. The molecule has 1 amide bonds. The Morgan fingerprint density at radius 1 is 1.21 bits per heavy atom. The lowest BCUT2D eigenvalue weighted by Gasteiger charge is -2.19. The highest BCUT2D eigenvalue weighted by atomic mass is 35.5. The molecule has 0 saturated heterocycles. The van der Waals surface area contributed by atoms with E-state index in [1.54, 1.807) is 24.4 Å². The summed E-state index contributed by atoms with van der Waals surface area (Å²) in [4.78, 5) is 29.8. The smallest absolute Gasteiger partial charge is 0.269 e. The van der Waals surface area contributed by atoms with Crippen LogP contribution in [0.4, 0.5) is 5.82 Å². The maximum absolute atomic E-state index is 13.0. The Morgan fingerprint density at radius 2 is 2.06 bits per heavy atom. The highest BCUT2D eigenvalue weighted by molar-refractivity contribution is 6.32. The van der Waals surface area contributed by atoms with Crippen LogP contribution in [0.2, 0.25) is 5.02 Å². The van der Waals surface area contributed by atoms with Gasteiger partial charge >= 0.3 is 0 Å². The largest absolute Gasteiger partial charge is 0.461 e. The molecule has 0 aliphatic carbocycles. The molecule has 0 aromatic carbocycles. The van der Waals surface area contributed by atoms with E-state index in [4.69, 9.17) is 26.3 Å². The molecule has 172 valence electrons. The molecule has 4 rings (SSSR count). The van der Waals surface area contributed by atoms with Crippen molar-refractivity contribution in [1.82, 2.24) is 29.7 Å². The summed E-state index contributed by atoms with van der Waals surface area (Å²) in [6.07, 6.45) is 4.57. The fourth-order valence-electron chi connectivity index (χ4n) is 2.92. The van der Waals surface area contributed by atoms with Crippen molar-refractivity contribution in [2.24, 2.45) is 0 Å². The molecule has 12 heteroatoms. The van der Waals surface area contributed by atoms with Gasteiger partial charge in [-0.15, -0.1) is 0 Å². The average molecular weight is 479 g/mol. The molecular formula is C22H19ClN8O3. The monoisotopic (exact) mass is 478 g/mol. The minimum atomic E-state index is -1.06. The second-order valence-corrected chi connectivity index (χ2v) is 7.71. The number of nitriles is 1. The Bertz CT molecular complexity index is 1350. The first-order valence-electron chi connectivity index (χ1n) is 10.2. The van der Waals surface area contributed by atoms with E-state index >= 15 is 0 Å². The Labute approximate surface area is 199 Å². The first kappa shape index (κ1) is 23.0. The lowest BCUT2D eigenvalue weighted by atomic mass is 10.3. The van der Waals surface area contributed by atoms with Gasteiger partial charge in [0, 0.05) is 12.4 Å². The van der Waals surface area contributed by atoms with Crippen LogP contribution in [-0.2, 0) is 9.53 Å². The van der Waals surface area contributed by atoms with Gasteiger partial charge in [-0.3, -0.25) is 4.79 Å². The van der Waals surface area contributed by atoms with Gasteiger partial charge in [-0.1, -0.05) is 11.6 Å². The van der Waals surface area contributed by atoms with Gasteiger partial charge in [-0.05, 0) is 38.1 Å². The highest BCUT2D eigenvalue weighted by Gasteiger charge is 2.25. The Morgan fingerprint density at radius 3 is 2.76 bits per heavy atom. The number of aromatic nitrogens is 6. The highest BCUT2D eigenvalue weighted by Crippen LogP contribution is 2.26. The molecule has 4 aromatic heterocycles. The second kappa shape index (κ2) is 10.2. The predicted octanol–water partition coefficient (Wildman–Crippen LogP) is 2.94. The van der Waals surface area contributed by atoms with Gasteiger partial charge in [0.2, 0.25) is 12.0 Å². The van der Waals surface area contributed by atoms with Crippen molar-refractivity contribution in [3.8, 4) is 17.8 Å². The Kier molecular flexibility index (Phi) is 6.91. The molecule has 0 unspecified atom stereocenters. The molecule has 0 fully saturated rings. The lowest BCUT2D eigenvalue weighted by molar-refractivity contribution is -0.126. The van der Waals surface area contributed by atoms with Crippen molar-refractivity contribution in [3.63, 3.8) is 0 Å². The van der Waals surface area contributed by atoms with Crippen LogP contribution in [0, 0.1) is 11.3 Å². The standard InChI is InChI=1S/C22H19ClN8O3/c1-13(2)33-11-17(21(32)30-18-6-5-14(8-24)9-26-18)34-22-15-10-29-31(19(15)27-12-28-22)20-16(23)4-3-7-25-20/h3-7,9-10,12-13,17H,11H2,1-2H3,(H,26,30,32)/t17-/m0/s1. The molecular weight excluding hydrogens is 460 g/mol. The molecule has 1 N–H and O–H groups in total. The number of hydrogen-bond donors (Lipinski definition) is 1. The quantitative estimate of drug-likeness (QED) is 0.404. The summed E-state index contributed by atoms with van der Waals surface area (Å²) >= 11 is 6.26. The predicted molar refractivity (Wildman–Crippen MR) is 123 cm³/mol. The molecule has 11 nitrogen and oxygen atoms in total. The van der Waals surface area contributed by atoms with E-state index in [1.807, 2.05) is 19.9 Å². The molecule has 0 aliphatic rings. The van der Waals surface area contributed by atoms with E-state index in [9.17, 15) is 4.79 Å². The average Bonchev–Trinajstić information content (AvgIpc) is 3.27. The summed E-state index contributed by atoms with van der Waals surface area (Å²) in [6.45, 7) is 3.66. The van der Waals surface area contributed by atoms with Crippen LogP contribution >= 0.6 is 11.6 Å². The molecule has 0 aliphatic heterocycles. The van der Waals surface area contributed by atoms with Crippen LogP contribution in [0.5, 0.6) is 5.88 Å². The van der Waals surface area contributed by atoms with Crippen LogP contribution in [0.25, 0.3) is 16.9 Å². The number of amides is 1. The lowest BCUT2D eigenvalue weighted by Crippen LogP contribution is -2.38. The number of carbonyl (C=O) groups excluding carboxylic acids is 1. The summed E-state index contributed by atoms with van der Waals surface area (Å²) in [5, 5.41) is 16.8. The van der Waals surface area contributed by atoms with Crippen LogP contribution < -0.4 is 10.1 Å². The number of pyridine rings is 2. The third-order valence-corrected chi connectivity index (χ3v) is 4.84. The summed E-state index contributed by atoms with van der Waals surface area (Å²) in [7, 11) is 0. The zero-order chi connectivity index (χ0) is 24.1. The topological polar surface area (TPSA) is 141 Å². The van der Waals surface area contributed by atoms with Crippen molar-refractivity contribution >= 4 is 34.4 Å². The maximum Gasteiger partial charge on any atom is 0.269 e. The molecule has 0 radical (unpaired) electrons. The number of rotatable bonds is 8. The van der Waals surface area contributed by atoms with Gasteiger partial charge in [0.15, 0.2) is 11.5 Å². The number of fused-ring (bicyclic) bond motifs is 1. The third kappa shape index (κ3) is 5.09. The minimum Gasteiger partial charge on any atom is -0.461 e. The first-order chi connectivity index (χ1) is 16.5. The maximum atomic E-state index is 13.0. The van der Waals surface area contributed by atoms with Gasteiger partial charge in [-0.2, -0.15) is 15.0 Å². The summed E-state index contributed by atoms with van der Waals surface area (Å²) in [6, 6.07) is 8.45. The molecule has 0 saturated carbocycles. The first-order valence-corrected chi connectivity index (χ1v) is 10.6. The molecule has 0 bridgehead atoms. The van der Waals surface area contributed by atoms with Crippen molar-refractivity contribution in [2.45, 2.75) is 26.1 Å². The van der Waals surface area contributed by atoms with Gasteiger partial charge in [0.25, 0.3) is 5.91 Å². The third-order valence-electron chi connectivity index (χ3n) is 4.54. The minimum absolute atomic E-state index is 0.0362. The molecule has 4 heterocycles. The molecule has 0 spiro atoms. The number of anilines is 1.